The Labute approximate surface area is 276 Å². The van der Waals surface area contributed by atoms with E-state index in [9.17, 15) is 14.7 Å². The van der Waals surface area contributed by atoms with Crippen LogP contribution in [0.15, 0.2) is 107 Å². The third-order valence-corrected chi connectivity index (χ3v) is 9.31. The van der Waals surface area contributed by atoms with Crippen LogP contribution < -0.4 is 10.1 Å². The van der Waals surface area contributed by atoms with Crippen molar-refractivity contribution in [3.05, 3.63) is 119 Å². The highest BCUT2D eigenvalue weighted by Gasteiger charge is 2.34. The molecule has 1 aliphatic rings. The van der Waals surface area contributed by atoms with Crippen LogP contribution in [-0.2, 0) is 17.8 Å². The largest absolute Gasteiger partial charge is 0.486 e. The Morgan fingerprint density at radius 2 is 1.65 bits per heavy atom. The summed E-state index contributed by atoms with van der Waals surface area (Å²) < 4.78 is 6.70. The van der Waals surface area contributed by atoms with Gasteiger partial charge in [0.1, 0.15) is 6.10 Å². The standard InChI is InChI=1S/C38H43N3O4S/c1-26-13-15-29(16-14-26)21-36(43)39-34-12-8-11-33-37(34)45-35(27(2)22-41(38(33)44)28(3)25-42)24-40(4)23-30-17-19-32(20-18-30)46-31-9-6-5-7-10-31/h5-20,27-28,35,42H,21-25H2,1-4H3,(H,39,43)/t27-,28?,35-/m1/s1. The Morgan fingerprint density at radius 1 is 0.978 bits per heavy atom. The van der Waals surface area contributed by atoms with Crippen molar-refractivity contribution in [3.8, 4) is 5.75 Å². The zero-order chi connectivity index (χ0) is 32.6. The predicted molar refractivity (Wildman–Crippen MR) is 184 cm³/mol. The van der Waals surface area contributed by atoms with Crippen molar-refractivity contribution >= 4 is 29.3 Å². The number of nitrogens with zero attached hydrogens (tertiary/aromatic N) is 2. The number of hydrogen-bond donors (Lipinski definition) is 2. The molecular weight excluding hydrogens is 595 g/mol. The van der Waals surface area contributed by atoms with Crippen molar-refractivity contribution in [2.45, 2.75) is 55.7 Å². The molecule has 4 aromatic rings. The highest BCUT2D eigenvalue weighted by molar-refractivity contribution is 7.99. The highest BCUT2D eigenvalue weighted by Crippen LogP contribution is 2.35. The van der Waals surface area contributed by atoms with Crippen LogP contribution in [0.1, 0.15) is 40.9 Å². The molecule has 2 N–H and O–H groups in total. The molecule has 1 aliphatic heterocycles. The number of hydrogen-bond acceptors (Lipinski definition) is 6. The number of likely N-dealkylation sites (N-methyl/N-ethyl adjacent to an activating group) is 1. The number of amides is 2. The monoisotopic (exact) mass is 637 g/mol. The van der Waals surface area contributed by atoms with Crippen LogP contribution in [-0.4, -0.2) is 65.6 Å². The van der Waals surface area contributed by atoms with Crippen LogP contribution >= 0.6 is 11.8 Å². The molecule has 7 nitrogen and oxygen atoms in total. The number of nitrogens with one attached hydrogen (secondary N) is 1. The Morgan fingerprint density at radius 3 is 2.35 bits per heavy atom. The van der Waals surface area contributed by atoms with Gasteiger partial charge in [-0.15, -0.1) is 0 Å². The van der Waals surface area contributed by atoms with Crippen molar-refractivity contribution in [1.29, 1.82) is 0 Å². The van der Waals surface area contributed by atoms with Gasteiger partial charge in [-0.1, -0.05) is 84.9 Å². The van der Waals surface area contributed by atoms with Crippen molar-refractivity contribution in [3.63, 3.8) is 0 Å². The van der Waals surface area contributed by atoms with Gasteiger partial charge in [0.15, 0.2) is 5.75 Å². The Bertz CT molecular complexity index is 1610. The van der Waals surface area contributed by atoms with Gasteiger partial charge >= 0.3 is 0 Å². The number of aliphatic hydroxyl groups is 1. The fraction of sp³-hybridized carbons (Fsp3) is 0.316. The number of benzene rings is 4. The first kappa shape index (κ1) is 33.3. The molecule has 0 saturated heterocycles. The minimum absolute atomic E-state index is 0.0467. The van der Waals surface area contributed by atoms with E-state index < -0.39 is 0 Å². The minimum Gasteiger partial charge on any atom is -0.486 e. The molecule has 240 valence electrons. The summed E-state index contributed by atoms with van der Waals surface area (Å²) in [5.74, 6) is -0.0912. The average Bonchev–Trinajstić information content (AvgIpc) is 3.05. The van der Waals surface area contributed by atoms with E-state index in [1.165, 1.54) is 15.4 Å². The first-order valence-electron chi connectivity index (χ1n) is 15.8. The van der Waals surface area contributed by atoms with Gasteiger partial charge < -0.3 is 20.1 Å². The molecule has 0 spiro atoms. The van der Waals surface area contributed by atoms with Gasteiger partial charge in [0.2, 0.25) is 5.91 Å². The summed E-state index contributed by atoms with van der Waals surface area (Å²) in [6.45, 7) is 7.54. The van der Waals surface area contributed by atoms with E-state index in [4.69, 9.17) is 4.74 Å². The van der Waals surface area contributed by atoms with Crippen LogP contribution in [0.4, 0.5) is 5.69 Å². The van der Waals surface area contributed by atoms with Crippen LogP contribution in [0.3, 0.4) is 0 Å². The lowest BCUT2D eigenvalue weighted by atomic mass is 9.98. The highest BCUT2D eigenvalue weighted by atomic mass is 32.2. The molecule has 0 aromatic heterocycles. The predicted octanol–water partition coefficient (Wildman–Crippen LogP) is 6.68. The lowest BCUT2D eigenvalue weighted by molar-refractivity contribution is -0.115. The summed E-state index contributed by atoms with van der Waals surface area (Å²) in [5, 5.41) is 13.0. The fourth-order valence-corrected chi connectivity index (χ4v) is 6.45. The van der Waals surface area contributed by atoms with Crippen molar-refractivity contribution in [2.24, 2.45) is 5.92 Å². The van der Waals surface area contributed by atoms with Gasteiger partial charge in [-0.3, -0.25) is 14.5 Å². The zero-order valence-corrected chi connectivity index (χ0v) is 27.8. The summed E-state index contributed by atoms with van der Waals surface area (Å²) in [6.07, 6.45) is -0.0788. The second kappa shape index (κ2) is 15.5. The quantitative estimate of drug-likeness (QED) is 0.191. The molecule has 46 heavy (non-hydrogen) atoms. The maximum absolute atomic E-state index is 13.8. The minimum atomic E-state index is -0.369. The number of fused-ring (bicyclic) bond motifs is 1. The normalized spacial score (nSPS) is 17.1. The molecule has 0 radical (unpaired) electrons. The zero-order valence-electron chi connectivity index (χ0n) is 27.0. The van der Waals surface area contributed by atoms with Crippen LogP contribution in [0, 0.1) is 12.8 Å². The second-order valence-electron chi connectivity index (χ2n) is 12.3. The summed E-state index contributed by atoms with van der Waals surface area (Å²) in [6, 6.07) is 31.7. The molecule has 3 atom stereocenters. The Kier molecular flexibility index (Phi) is 11.2. The van der Waals surface area contributed by atoms with Crippen molar-refractivity contribution in [2.75, 3.05) is 32.1 Å². The summed E-state index contributed by atoms with van der Waals surface area (Å²) >= 11 is 1.74. The third kappa shape index (κ3) is 8.57. The molecule has 5 rings (SSSR count). The maximum atomic E-state index is 13.8. The first-order valence-corrected chi connectivity index (χ1v) is 16.6. The second-order valence-corrected chi connectivity index (χ2v) is 13.4. The van der Waals surface area contributed by atoms with E-state index in [1.54, 1.807) is 34.9 Å². The van der Waals surface area contributed by atoms with Gasteiger partial charge in [0.25, 0.3) is 5.91 Å². The SMILES string of the molecule is Cc1ccc(CC(=O)Nc2cccc3c2O[C@H](CN(C)Cc2ccc(Sc4ccccc4)cc2)[C@H](C)CN(C(C)CO)C3=O)cc1. The number of carbonyl (C=O) groups excluding carboxylic acids is 2. The number of para-hydroxylation sites is 1. The third-order valence-electron chi connectivity index (χ3n) is 8.30. The molecule has 1 heterocycles. The smallest absolute Gasteiger partial charge is 0.258 e. The molecule has 4 aromatic carbocycles. The Hall–Kier alpha value is -4.11. The van der Waals surface area contributed by atoms with Gasteiger partial charge in [-0.05, 0) is 68.4 Å². The molecule has 1 unspecified atom stereocenters. The van der Waals surface area contributed by atoms with Gasteiger partial charge in [0.05, 0.1) is 30.3 Å². The molecular formula is C38H43N3O4S. The Balaban J connectivity index is 1.34. The number of aliphatic hydroxyl groups excluding tert-OH is 1. The lowest BCUT2D eigenvalue weighted by Crippen LogP contribution is -2.49. The van der Waals surface area contributed by atoms with Crippen molar-refractivity contribution in [1.82, 2.24) is 9.80 Å². The van der Waals surface area contributed by atoms with Crippen LogP contribution in [0.25, 0.3) is 0 Å². The summed E-state index contributed by atoms with van der Waals surface area (Å²) in [7, 11) is 2.07. The van der Waals surface area contributed by atoms with E-state index >= 15 is 0 Å². The molecule has 0 bridgehead atoms. The number of aryl methyl sites for hydroxylation is 1. The molecule has 0 fully saturated rings. The fourth-order valence-electron chi connectivity index (χ4n) is 5.62. The number of rotatable bonds is 11. The molecule has 0 saturated carbocycles. The lowest BCUT2D eigenvalue weighted by Gasteiger charge is -2.38. The van der Waals surface area contributed by atoms with E-state index in [-0.39, 0.29) is 42.9 Å². The van der Waals surface area contributed by atoms with Crippen molar-refractivity contribution < 1.29 is 19.4 Å². The number of carbonyl (C=O) groups is 2. The summed E-state index contributed by atoms with van der Waals surface area (Å²) in [4.78, 5) is 33.3. The number of ether oxygens (including phenoxy) is 1. The van der Waals surface area contributed by atoms with Gasteiger partial charge in [0, 0.05) is 35.3 Å². The van der Waals surface area contributed by atoms with E-state index in [2.05, 4.69) is 60.6 Å². The summed E-state index contributed by atoms with van der Waals surface area (Å²) in [5.41, 5.74) is 4.06. The van der Waals surface area contributed by atoms with Crippen LogP contribution in [0.2, 0.25) is 0 Å². The van der Waals surface area contributed by atoms with Gasteiger partial charge in [-0.25, -0.2) is 0 Å². The van der Waals surface area contributed by atoms with Crippen LogP contribution in [0.5, 0.6) is 5.75 Å². The molecule has 0 aliphatic carbocycles. The maximum Gasteiger partial charge on any atom is 0.258 e. The van der Waals surface area contributed by atoms with E-state index in [0.29, 0.717) is 30.1 Å². The average molecular weight is 638 g/mol. The first-order chi connectivity index (χ1) is 22.2. The van der Waals surface area contributed by atoms with Gasteiger partial charge in [-0.2, -0.15) is 0 Å². The molecule has 2 amide bonds. The topological polar surface area (TPSA) is 82.1 Å². The molecule has 8 heteroatoms. The van der Waals surface area contributed by atoms with E-state index in [1.807, 2.05) is 56.3 Å². The van der Waals surface area contributed by atoms with E-state index in [0.717, 1.165) is 17.7 Å². The number of anilines is 1.